The molecule has 1 fully saturated rings. The highest BCUT2D eigenvalue weighted by Gasteiger charge is 2.28. The van der Waals surface area contributed by atoms with Gasteiger partial charge in [0.1, 0.15) is 17.7 Å². The van der Waals surface area contributed by atoms with Crippen LogP contribution in [0.15, 0.2) is 42.6 Å². The fraction of sp³-hybridized carbons (Fsp3) is 0.286. The Morgan fingerprint density at radius 1 is 1.37 bits per heavy atom. The van der Waals surface area contributed by atoms with Gasteiger partial charge in [0, 0.05) is 31.8 Å². The number of nitriles is 1. The van der Waals surface area contributed by atoms with Crippen LogP contribution in [0.1, 0.15) is 23.6 Å². The number of hydrogen-bond donors (Lipinski definition) is 0. The van der Waals surface area contributed by atoms with Gasteiger partial charge in [0.05, 0.1) is 11.8 Å². The van der Waals surface area contributed by atoms with Crippen molar-refractivity contribution in [2.24, 2.45) is 0 Å². The van der Waals surface area contributed by atoms with E-state index < -0.39 is 5.82 Å². The minimum Gasteiger partial charge on any atom is -0.352 e. The summed E-state index contributed by atoms with van der Waals surface area (Å²) in [6.07, 6.45) is 4.53. The van der Waals surface area contributed by atoms with Crippen LogP contribution in [0.5, 0.6) is 0 Å². The number of halogens is 1. The molecule has 1 amide bonds. The van der Waals surface area contributed by atoms with Crippen molar-refractivity contribution >= 4 is 17.8 Å². The zero-order valence-corrected chi connectivity index (χ0v) is 15.4. The molecule has 27 heavy (non-hydrogen) atoms. The summed E-state index contributed by atoms with van der Waals surface area (Å²) in [6, 6.07) is 11.1. The van der Waals surface area contributed by atoms with E-state index in [2.05, 4.69) is 4.98 Å². The lowest BCUT2D eigenvalue weighted by atomic mass is 10.1. The van der Waals surface area contributed by atoms with Crippen molar-refractivity contribution in [2.75, 3.05) is 24.5 Å². The van der Waals surface area contributed by atoms with Crippen LogP contribution in [0.4, 0.5) is 10.2 Å². The van der Waals surface area contributed by atoms with Crippen LogP contribution < -0.4 is 4.90 Å². The van der Waals surface area contributed by atoms with Crippen LogP contribution in [-0.2, 0) is 4.79 Å². The number of hydrogen-bond acceptors (Lipinski definition) is 4. The van der Waals surface area contributed by atoms with Gasteiger partial charge in [-0.25, -0.2) is 9.37 Å². The summed E-state index contributed by atoms with van der Waals surface area (Å²) in [7, 11) is 0. The average Bonchev–Trinajstić information content (AvgIpc) is 2.66. The summed E-state index contributed by atoms with van der Waals surface area (Å²) < 4.78 is 13.3. The number of piperazine rings is 1. The second kappa shape index (κ2) is 8.00. The Morgan fingerprint density at radius 3 is 2.89 bits per heavy atom. The smallest absolute Gasteiger partial charge is 0.246 e. The van der Waals surface area contributed by atoms with Crippen molar-refractivity contribution in [3.8, 4) is 6.07 Å². The molecule has 2 heterocycles. The highest BCUT2D eigenvalue weighted by molar-refractivity contribution is 5.92. The first-order chi connectivity index (χ1) is 13.0. The van der Waals surface area contributed by atoms with Crippen molar-refractivity contribution in [1.82, 2.24) is 9.88 Å². The zero-order valence-electron chi connectivity index (χ0n) is 15.4. The first-order valence-electron chi connectivity index (χ1n) is 8.84. The third-order valence-electron chi connectivity index (χ3n) is 4.62. The van der Waals surface area contributed by atoms with Gasteiger partial charge in [0.15, 0.2) is 0 Å². The lowest BCUT2D eigenvalue weighted by Crippen LogP contribution is -2.54. The second-order valence-corrected chi connectivity index (χ2v) is 6.71. The molecule has 1 aliphatic heterocycles. The molecule has 0 aliphatic carbocycles. The largest absolute Gasteiger partial charge is 0.352 e. The number of benzene rings is 1. The van der Waals surface area contributed by atoms with Gasteiger partial charge in [-0.15, -0.1) is 0 Å². The quantitative estimate of drug-likeness (QED) is 0.785. The molecule has 2 aromatic rings. The Hall–Kier alpha value is -3.20. The lowest BCUT2D eigenvalue weighted by molar-refractivity contribution is -0.128. The number of nitrogens with zero attached hydrogens (tertiary/aromatic N) is 4. The molecule has 0 radical (unpaired) electrons. The highest BCUT2D eigenvalue weighted by Crippen LogP contribution is 2.22. The van der Waals surface area contributed by atoms with Crippen molar-refractivity contribution in [3.05, 3.63) is 65.1 Å². The molecule has 138 valence electrons. The van der Waals surface area contributed by atoms with E-state index in [9.17, 15) is 14.4 Å². The van der Waals surface area contributed by atoms with E-state index in [0.29, 0.717) is 25.5 Å². The van der Waals surface area contributed by atoms with E-state index >= 15 is 0 Å². The van der Waals surface area contributed by atoms with Gasteiger partial charge in [0.2, 0.25) is 5.91 Å². The average molecular weight is 364 g/mol. The van der Waals surface area contributed by atoms with Crippen LogP contribution in [-0.4, -0.2) is 41.5 Å². The molecule has 1 atom stereocenters. The van der Waals surface area contributed by atoms with Gasteiger partial charge in [-0.05, 0) is 31.6 Å². The van der Waals surface area contributed by atoms with E-state index in [1.54, 1.807) is 11.0 Å². The molecule has 0 spiro atoms. The number of pyridine rings is 1. The van der Waals surface area contributed by atoms with Crippen molar-refractivity contribution < 1.29 is 9.18 Å². The van der Waals surface area contributed by atoms with Crippen LogP contribution in [0.25, 0.3) is 6.08 Å². The second-order valence-electron chi connectivity index (χ2n) is 6.71. The predicted molar refractivity (Wildman–Crippen MR) is 103 cm³/mol. The lowest BCUT2D eigenvalue weighted by Gasteiger charge is -2.40. The Labute approximate surface area is 158 Å². The molecule has 1 aliphatic rings. The van der Waals surface area contributed by atoms with E-state index in [1.807, 2.05) is 55.2 Å². The van der Waals surface area contributed by atoms with Crippen LogP contribution in [0.2, 0.25) is 0 Å². The van der Waals surface area contributed by atoms with E-state index in [0.717, 1.165) is 17.3 Å². The Balaban J connectivity index is 1.68. The maximum atomic E-state index is 13.3. The summed E-state index contributed by atoms with van der Waals surface area (Å²) >= 11 is 0. The number of carbonyl (C=O) groups is 1. The fourth-order valence-electron chi connectivity index (χ4n) is 3.28. The summed E-state index contributed by atoms with van der Waals surface area (Å²) in [5, 5.41) is 9.22. The molecular weight excluding hydrogens is 343 g/mol. The van der Waals surface area contributed by atoms with Crippen LogP contribution in [0.3, 0.4) is 0 Å². The van der Waals surface area contributed by atoms with Gasteiger partial charge < -0.3 is 9.80 Å². The van der Waals surface area contributed by atoms with Gasteiger partial charge >= 0.3 is 0 Å². The van der Waals surface area contributed by atoms with Gasteiger partial charge in [-0.2, -0.15) is 5.26 Å². The summed E-state index contributed by atoms with van der Waals surface area (Å²) in [6.45, 7) is 5.57. The number of amides is 1. The zero-order chi connectivity index (χ0) is 19.4. The van der Waals surface area contributed by atoms with Gasteiger partial charge in [-0.3, -0.25) is 4.79 Å². The molecule has 0 bridgehead atoms. The maximum absolute atomic E-state index is 13.3. The molecule has 0 N–H and O–H groups in total. The predicted octanol–water partition coefficient (Wildman–Crippen LogP) is 3.15. The van der Waals surface area contributed by atoms with E-state index in [-0.39, 0.29) is 17.5 Å². The number of aryl methyl sites for hydroxylation is 1. The number of rotatable bonds is 3. The Bertz CT molecular complexity index is 919. The maximum Gasteiger partial charge on any atom is 0.246 e. The summed E-state index contributed by atoms with van der Waals surface area (Å²) in [4.78, 5) is 20.4. The molecule has 6 heteroatoms. The molecule has 3 rings (SSSR count). The standard InChI is InChI=1S/C21H21FN4O/c1-15-4-3-5-17(10-15)6-7-20(27)26-9-8-25(14-16(26)2)21-18(12-23)11-19(22)13-24-21/h3-7,10-11,13,16H,8-9,14H2,1-2H3/t16-/m1/s1. The monoisotopic (exact) mass is 364 g/mol. The Morgan fingerprint density at radius 2 is 2.19 bits per heavy atom. The van der Waals surface area contributed by atoms with Crippen molar-refractivity contribution in [2.45, 2.75) is 19.9 Å². The van der Waals surface area contributed by atoms with Crippen molar-refractivity contribution in [3.63, 3.8) is 0 Å². The van der Waals surface area contributed by atoms with Crippen molar-refractivity contribution in [1.29, 1.82) is 5.26 Å². The Kier molecular flexibility index (Phi) is 5.51. The minimum absolute atomic E-state index is 0.0452. The number of aromatic nitrogens is 1. The molecule has 1 saturated heterocycles. The molecule has 1 aromatic heterocycles. The molecular formula is C21H21FN4O. The summed E-state index contributed by atoms with van der Waals surface area (Å²) in [5.74, 6) is -0.108. The van der Waals surface area contributed by atoms with Crippen LogP contribution >= 0.6 is 0 Å². The molecule has 0 unspecified atom stereocenters. The van der Waals surface area contributed by atoms with E-state index in [1.165, 1.54) is 6.07 Å². The minimum atomic E-state index is -0.529. The molecule has 0 saturated carbocycles. The number of carbonyl (C=O) groups excluding carboxylic acids is 1. The highest BCUT2D eigenvalue weighted by atomic mass is 19.1. The molecule has 1 aromatic carbocycles. The van der Waals surface area contributed by atoms with Gasteiger partial charge in [0.25, 0.3) is 0 Å². The summed E-state index contributed by atoms with van der Waals surface area (Å²) in [5.41, 5.74) is 2.34. The third kappa shape index (κ3) is 4.32. The first-order valence-corrected chi connectivity index (χ1v) is 8.84. The third-order valence-corrected chi connectivity index (χ3v) is 4.62. The normalized spacial score (nSPS) is 17.2. The molecule has 5 nitrogen and oxygen atoms in total. The van der Waals surface area contributed by atoms with E-state index in [4.69, 9.17) is 0 Å². The SMILES string of the molecule is Cc1cccc(C=CC(=O)N2CCN(c3ncc(F)cc3C#N)C[C@H]2C)c1. The first kappa shape index (κ1) is 18.6. The van der Waals surface area contributed by atoms with Gasteiger partial charge in [-0.1, -0.05) is 29.8 Å². The van der Waals surface area contributed by atoms with Crippen LogP contribution in [0, 0.1) is 24.1 Å². The topological polar surface area (TPSA) is 60.2 Å². The fourth-order valence-corrected chi connectivity index (χ4v) is 3.28. The number of anilines is 1.